The van der Waals surface area contributed by atoms with Gasteiger partial charge in [0.2, 0.25) is 5.91 Å². The van der Waals surface area contributed by atoms with Crippen molar-refractivity contribution in [3.05, 3.63) is 0 Å². The third-order valence-corrected chi connectivity index (χ3v) is 3.48. The number of nitrogens with one attached hydrogen (secondary N) is 1. The van der Waals surface area contributed by atoms with Gasteiger partial charge < -0.3 is 14.8 Å². The molecule has 0 aromatic carbocycles. The van der Waals surface area contributed by atoms with Crippen LogP contribution in [0.4, 0.5) is 0 Å². The van der Waals surface area contributed by atoms with Gasteiger partial charge in [-0.15, -0.1) is 0 Å². The molecular weight excluding hydrogens is 302 g/mol. The van der Waals surface area contributed by atoms with Gasteiger partial charge in [-0.3, -0.25) is 4.79 Å². The number of halogens is 1. The first-order chi connectivity index (χ1) is 8.09. The highest BCUT2D eigenvalue weighted by atomic mass is 79.9. The molecule has 0 heterocycles. The molecule has 0 aromatic heterocycles. The summed E-state index contributed by atoms with van der Waals surface area (Å²) in [5.41, 5.74) is -2.16. The SMILES string of the molecule is CCC(Br)C(NC(C)=O)(OC)C(=O)OC(C)(C)C. The number of amides is 1. The van der Waals surface area contributed by atoms with Gasteiger partial charge in [0.25, 0.3) is 5.72 Å². The molecule has 18 heavy (non-hydrogen) atoms. The monoisotopic (exact) mass is 323 g/mol. The van der Waals surface area contributed by atoms with Crippen LogP contribution >= 0.6 is 15.9 Å². The summed E-state index contributed by atoms with van der Waals surface area (Å²) in [6, 6.07) is 0. The van der Waals surface area contributed by atoms with Crippen molar-refractivity contribution in [2.24, 2.45) is 0 Å². The van der Waals surface area contributed by atoms with Crippen LogP contribution in [0.2, 0.25) is 0 Å². The fraction of sp³-hybridized carbons (Fsp3) is 0.833. The first kappa shape index (κ1) is 17.4. The Labute approximate surface area is 117 Å². The average molecular weight is 324 g/mol. The minimum atomic E-state index is -1.51. The number of hydrogen-bond acceptors (Lipinski definition) is 4. The fourth-order valence-electron chi connectivity index (χ4n) is 1.42. The molecule has 0 saturated carbocycles. The van der Waals surface area contributed by atoms with E-state index in [-0.39, 0.29) is 10.7 Å². The van der Waals surface area contributed by atoms with Gasteiger partial charge in [0, 0.05) is 14.0 Å². The van der Waals surface area contributed by atoms with E-state index >= 15 is 0 Å². The van der Waals surface area contributed by atoms with Crippen molar-refractivity contribution < 1.29 is 19.1 Å². The van der Waals surface area contributed by atoms with Crippen LogP contribution in [0.15, 0.2) is 0 Å². The Morgan fingerprint density at radius 3 is 2.11 bits per heavy atom. The van der Waals surface area contributed by atoms with Crippen LogP contribution in [0.1, 0.15) is 41.0 Å². The van der Waals surface area contributed by atoms with Crippen molar-refractivity contribution in [1.82, 2.24) is 5.32 Å². The highest BCUT2D eigenvalue weighted by molar-refractivity contribution is 9.09. The summed E-state index contributed by atoms with van der Waals surface area (Å²) in [5, 5.41) is 2.53. The van der Waals surface area contributed by atoms with Crippen LogP contribution in [0, 0.1) is 0 Å². The van der Waals surface area contributed by atoms with E-state index in [9.17, 15) is 9.59 Å². The molecule has 1 N–H and O–H groups in total. The maximum absolute atomic E-state index is 12.3. The van der Waals surface area contributed by atoms with Crippen molar-refractivity contribution in [2.45, 2.75) is 57.2 Å². The number of methoxy groups -OCH3 is 1. The molecule has 106 valence electrons. The lowest BCUT2D eigenvalue weighted by Gasteiger charge is -2.36. The van der Waals surface area contributed by atoms with E-state index in [1.165, 1.54) is 14.0 Å². The smallest absolute Gasteiger partial charge is 0.361 e. The third-order valence-electron chi connectivity index (χ3n) is 2.19. The molecular formula is C12H22BrNO4. The minimum absolute atomic E-state index is 0.361. The van der Waals surface area contributed by atoms with Gasteiger partial charge in [-0.2, -0.15) is 0 Å². The van der Waals surface area contributed by atoms with E-state index in [0.717, 1.165) is 0 Å². The number of carbonyl (C=O) groups excluding carboxylic acids is 2. The van der Waals surface area contributed by atoms with Gasteiger partial charge in [-0.05, 0) is 27.2 Å². The molecule has 0 spiro atoms. The molecule has 2 unspecified atom stereocenters. The number of esters is 1. The van der Waals surface area contributed by atoms with Gasteiger partial charge in [0.05, 0.1) is 4.83 Å². The van der Waals surface area contributed by atoms with Crippen molar-refractivity contribution in [1.29, 1.82) is 0 Å². The number of rotatable bonds is 5. The second-order valence-electron chi connectivity index (χ2n) is 5.00. The lowest BCUT2D eigenvalue weighted by atomic mass is 10.1. The lowest BCUT2D eigenvalue weighted by molar-refractivity contribution is -0.186. The maximum Gasteiger partial charge on any atom is 0.361 e. The summed E-state index contributed by atoms with van der Waals surface area (Å²) < 4.78 is 10.6. The summed E-state index contributed by atoms with van der Waals surface area (Å²) in [7, 11) is 1.36. The average Bonchev–Trinajstić information content (AvgIpc) is 2.21. The number of ether oxygens (including phenoxy) is 2. The highest BCUT2D eigenvalue weighted by Crippen LogP contribution is 2.26. The van der Waals surface area contributed by atoms with E-state index in [2.05, 4.69) is 21.2 Å². The molecule has 0 fully saturated rings. The maximum atomic E-state index is 12.3. The lowest BCUT2D eigenvalue weighted by Crippen LogP contribution is -2.62. The molecule has 0 rings (SSSR count). The third kappa shape index (κ3) is 4.57. The van der Waals surface area contributed by atoms with Gasteiger partial charge in [-0.1, -0.05) is 22.9 Å². The van der Waals surface area contributed by atoms with Crippen LogP contribution in [0.25, 0.3) is 0 Å². The molecule has 2 atom stereocenters. The van der Waals surface area contributed by atoms with E-state index < -0.39 is 17.3 Å². The molecule has 5 nitrogen and oxygen atoms in total. The molecule has 6 heteroatoms. The summed E-state index contributed by atoms with van der Waals surface area (Å²) in [4.78, 5) is 23.2. The van der Waals surface area contributed by atoms with Gasteiger partial charge in [0.15, 0.2) is 0 Å². The van der Waals surface area contributed by atoms with Crippen LogP contribution in [-0.2, 0) is 19.1 Å². The van der Waals surface area contributed by atoms with Gasteiger partial charge in [-0.25, -0.2) is 4.79 Å². The fourth-order valence-corrected chi connectivity index (χ4v) is 1.91. The molecule has 0 aliphatic heterocycles. The van der Waals surface area contributed by atoms with Crippen LogP contribution in [0.5, 0.6) is 0 Å². The van der Waals surface area contributed by atoms with Crippen LogP contribution in [0.3, 0.4) is 0 Å². The normalized spacial score (nSPS) is 16.6. The molecule has 0 saturated heterocycles. The largest absolute Gasteiger partial charge is 0.456 e. The molecule has 0 aliphatic carbocycles. The second kappa shape index (κ2) is 6.52. The van der Waals surface area contributed by atoms with Crippen molar-refractivity contribution in [3.63, 3.8) is 0 Å². The Bertz CT molecular complexity index is 314. The topological polar surface area (TPSA) is 64.6 Å². The van der Waals surface area contributed by atoms with E-state index in [4.69, 9.17) is 9.47 Å². The Morgan fingerprint density at radius 2 is 1.83 bits per heavy atom. The predicted octanol–water partition coefficient (Wildman–Crippen LogP) is 1.98. The predicted molar refractivity (Wildman–Crippen MR) is 72.4 cm³/mol. The molecule has 0 aromatic rings. The number of carbonyl (C=O) groups is 2. The molecule has 0 aliphatic rings. The summed E-state index contributed by atoms with van der Waals surface area (Å²) in [6.45, 7) is 8.48. The first-order valence-corrected chi connectivity index (χ1v) is 6.72. The zero-order valence-electron chi connectivity index (χ0n) is 11.8. The number of alkyl halides is 1. The Morgan fingerprint density at radius 1 is 1.33 bits per heavy atom. The van der Waals surface area contributed by atoms with Crippen molar-refractivity contribution >= 4 is 27.8 Å². The Balaban J connectivity index is 5.29. The number of hydrogen-bond donors (Lipinski definition) is 1. The summed E-state index contributed by atoms with van der Waals surface area (Å²) in [6.07, 6.45) is 0.591. The zero-order chi connectivity index (χ0) is 14.6. The summed E-state index contributed by atoms with van der Waals surface area (Å²) >= 11 is 3.36. The standard InChI is InChI=1S/C12H22BrNO4/c1-7-9(13)12(17-6,14-8(2)15)10(16)18-11(3,4)5/h9H,7H2,1-6H3,(H,14,15). The van der Waals surface area contributed by atoms with Gasteiger partial charge in [0.1, 0.15) is 5.60 Å². The minimum Gasteiger partial charge on any atom is -0.456 e. The quantitative estimate of drug-likeness (QED) is 0.477. The second-order valence-corrected chi connectivity index (χ2v) is 6.10. The molecule has 0 bridgehead atoms. The first-order valence-electron chi connectivity index (χ1n) is 5.80. The van der Waals surface area contributed by atoms with E-state index in [1.54, 1.807) is 20.8 Å². The molecule has 0 radical (unpaired) electrons. The Kier molecular flexibility index (Phi) is 6.29. The molecule has 1 amide bonds. The van der Waals surface area contributed by atoms with Crippen LogP contribution < -0.4 is 5.32 Å². The van der Waals surface area contributed by atoms with E-state index in [1.807, 2.05) is 6.92 Å². The summed E-state index contributed by atoms with van der Waals surface area (Å²) in [5.74, 6) is -0.975. The van der Waals surface area contributed by atoms with Gasteiger partial charge >= 0.3 is 5.97 Å². The van der Waals surface area contributed by atoms with E-state index in [0.29, 0.717) is 6.42 Å². The zero-order valence-corrected chi connectivity index (χ0v) is 13.4. The highest BCUT2D eigenvalue weighted by Gasteiger charge is 2.48. The van der Waals surface area contributed by atoms with Crippen molar-refractivity contribution in [2.75, 3.05) is 7.11 Å². The Hall–Kier alpha value is -0.620. The van der Waals surface area contributed by atoms with Crippen LogP contribution in [-0.4, -0.2) is 35.1 Å². The van der Waals surface area contributed by atoms with Crippen molar-refractivity contribution in [3.8, 4) is 0 Å².